The first-order chi connectivity index (χ1) is 13.6. The maximum Gasteiger partial charge on any atom is 0.244 e. The molecule has 1 amide bonds. The van der Waals surface area contributed by atoms with Crippen LogP contribution in [0.15, 0.2) is 60.9 Å². The van der Waals surface area contributed by atoms with Gasteiger partial charge in [-0.2, -0.15) is 0 Å². The zero-order chi connectivity index (χ0) is 19.5. The highest BCUT2D eigenvalue weighted by Crippen LogP contribution is 2.23. The van der Waals surface area contributed by atoms with Crippen molar-refractivity contribution in [3.8, 4) is 0 Å². The van der Waals surface area contributed by atoms with E-state index in [0.717, 1.165) is 29.3 Å². The third-order valence-corrected chi connectivity index (χ3v) is 5.31. The van der Waals surface area contributed by atoms with Crippen LogP contribution in [-0.2, 0) is 4.79 Å². The fourth-order valence-electron chi connectivity index (χ4n) is 3.66. The average Bonchev–Trinajstić information content (AvgIpc) is 2.74. The maximum atomic E-state index is 13.1. The number of pyridine rings is 1. The van der Waals surface area contributed by atoms with Gasteiger partial charge in [-0.05, 0) is 54.1 Å². The van der Waals surface area contributed by atoms with Crippen LogP contribution in [0.3, 0.4) is 0 Å². The lowest BCUT2D eigenvalue weighted by Crippen LogP contribution is -2.45. The molecule has 0 spiro atoms. The number of carbonyl (C=O) groups excluding carboxylic acids is 1. The highest BCUT2D eigenvalue weighted by Gasteiger charge is 2.27. The van der Waals surface area contributed by atoms with Gasteiger partial charge in [0.2, 0.25) is 5.91 Å². The number of nitrogens with zero attached hydrogens (tertiary/aromatic N) is 2. The molecule has 0 aliphatic carbocycles. The maximum absolute atomic E-state index is 13.1. The number of rotatable bonds is 4. The van der Waals surface area contributed by atoms with E-state index >= 15 is 0 Å². The SMILES string of the molecule is NC(C(=O)N1CCC(Nc2ccc3cnccc3c2)CC1)c1ccc(F)cc1. The fourth-order valence-corrected chi connectivity index (χ4v) is 3.66. The molecule has 3 aromatic rings. The number of halogens is 1. The van der Waals surface area contributed by atoms with Crippen molar-refractivity contribution in [1.29, 1.82) is 0 Å². The number of aromatic nitrogens is 1. The Hall–Kier alpha value is -2.99. The Kier molecular flexibility index (Phi) is 5.21. The highest BCUT2D eigenvalue weighted by atomic mass is 19.1. The van der Waals surface area contributed by atoms with Gasteiger partial charge in [0.1, 0.15) is 11.9 Å². The molecule has 1 fully saturated rings. The zero-order valence-corrected chi connectivity index (χ0v) is 15.5. The zero-order valence-electron chi connectivity index (χ0n) is 15.5. The summed E-state index contributed by atoms with van der Waals surface area (Å²) in [6, 6.07) is 13.6. The predicted molar refractivity (Wildman–Crippen MR) is 108 cm³/mol. The first kappa shape index (κ1) is 18.4. The van der Waals surface area contributed by atoms with Crippen LogP contribution in [0, 0.1) is 5.82 Å². The largest absolute Gasteiger partial charge is 0.382 e. The van der Waals surface area contributed by atoms with Gasteiger partial charge in [-0.1, -0.05) is 18.2 Å². The molecule has 1 atom stereocenters. The van der Waals surface area contributed by atoms with Crippen LogP contribution in [0.4, 0.5) is 10.1 Å². The summed E-state index contributed by atoms with van der Waals surface area (Å²) in [6.45, 7) is 1.31. The van der Waals surface area contributed by atoms with Gasteiger partial charge in [0.15, 0.2) is 0 Å². The Bertz CT molecular complexity index is 968. The molecule has 144 valence electrons. The Morgan fingerprint density at radius 2 is 1.86 bits per heavy atom. The lowest BCUT2D eigenvalue weighted by molar-refractivity contribution is -0.133. The molecule has 1 unspecified atom stereocenters. The Morgan fingerprint density at radius 3 is 2.61 bits per heavy atom. The highest BCUT2D eigenvalue weighted by molar-refractivity contribution is 5.85. The van der Waals surface area contributed by atoms with Gasteiger partial charge in [0.25, 0.3) is 0 Å². The summed E-state index contributed by atoms with van der Waals surface area (Å²) in [5.41, 5.74) is 7.81. The van der Waals surface area contributed by atoms with Crippen molar-refractivity contribution in [2.45, 2.75) is 24.9 Å². The van der Waals surface area contributed by atoms with Crippen molar-refractivity contribution in [3.63, 3.8) is 0 Å². The standard InChI is InChI=1S/C22H23FN4O/c23-18-4-1-15(2-5-18)21(24)22(28)27-11-8-19(9-12-27)26-20-6-3-17-14-25-10-7-16(17)13-20/h1-7,10,13-14,19,21,26H,8-9,11-12,24H2. The monoisotopic (exact) mass is 378 g/mol. The Morgan fingerprint density at radius 1 is 1.11 bits per heavy atom. The van der Waals surface area contributed by atoms with Gasteiger partial charge < -0.3 is 16.0 Å². The van der Waals surface area contributed by atoms with Crippen LogP contribution >= 0.6 is 0 Å². The Labute approximate surface area is 163 Å². The van der Waals surface area contributed by atoms with Gasteiger partial charge in [-0.3, -0.25) is 9.78 Å². The molecule has 4 rings (SSSR count). The van der Waals surface area contributed by atoms with Crippen LogP contribution in [0.1, 0.15) is 24.4 Å². The van der Waals surface area contributed by atoms with Crippen molar-refractivity contribution in [2.24, 2.45) is 5.73 Å². The smallest absolute Gasteiger partial charge is 0.244 e. The summed E-state index contributed by atoms with van der Waals surface area (Å²) in [7, 11) is 0. The van der Waals surface area contributed by atoms with E-state index in [1.807, 2.05) is 12.3 Å². The number of carbonyl (C=O) groups is 1. The van der Waals surface area contributed by atoms with Crippen LogP contribution < -0.4 is 11.1 Å². The summed E-state index contributed by atoms with van der Waals surface area (Å²) >= 11 is 0. The molecule has 2 heterocycles. The number of nitrogens with one attached hydrogen (secondary N) is 1. The van der Waals surface area contributed by atoms with Crippen molar-refractivity contribution >= 4 is 22.4 Å². The van der Waals surface area contributed by atoms with E-state index < -0.39 is 6.04 Å². The van der Waals surface area contributed by atoms with E-state index in [1.165, 1.54) is 12.1 Å². The van der Waals surface area contributed by atoms with E-state index in [4.69, 9.17) is 5.73 Å². The lowest BCUT2D eigenvalue weighted by Gasteiger charge is -2.34. The number of benzene rings is 2. The molecule has 0 bridgehead atoms. The number of hydrogen-bond acceptors (Lipinski definition) is 4. The average molecular weight is 378 g/mol. The number of nitrogens with two attached hydrogens (primary N) is 1. The summed E-state index contributed by atoms with van der Waals surface area (Å²) in [4.78, 5) is 18.6. The number of piperidine rings is 1. The molecule has 1 saturated heterocycles. The van der Waals surface area contributed by atoms with Crippen molar-refractivity contribution in [2.75, 3.05) is 18.4 Å². The molecule has 6 heteroatoms. The lowest BCUT2D eigenvalue weighted by atomic mass is 10.0. The molecular formula is C22H23FN4O. The van der Waals surface area contributed by atoms with Crippen molar-refractivity contribution in [3.05, 3.63) is 72.3 Å². The minimum Gasteiger partial charge on any atom is -0.382 e. The fraction of sp³-hybridized carbons (Fsp3) is 0.273. The van der Waals surface area contributed by atoms with Gasteiger partial charge in [-0.25, -0.2) is 4.39 Å². The quantitative estimate of drug-likeness (QED) is 0.729. The molecule has 5 nitrogen and oxygen atoms in total. The van der Waals surface area contributed by atoms with E-state index in [1.54, 1.807) is 23.2 Å². The van der Waals surface area contributed by atoms with E-state index in [2.05, 4.69) is 28.5 Å². The van der Waals surface area contributed by atoms with Crippen LogP contribution in [0.5, 0.6) is 0 Å². The van der Waals surface area contributed by atoms with Gasteiger partial charge in [0, 0.05) is 42.6 Å². The van der Waals surface area contributed by atoms with Crippen LogP contribution in [0.2, 0.25) is 0 Å². The molecule has 1 aliphatic heterocycles. The van der Waals surface area contributed by atoms with Crippen LogP contribution in [-0.4, -0.2) is 34.9 Å². The molecule has 2 aromatic carbocycles. The summed E-state index contributed by atoms with van der Waals surface area (Å²) in [6.07, 6.45) is 5.36. The van der Waals surface area contributed by atoms with Gasteiger partial charge in [0.05, 0.1) is 0 Å². The third-order valence-electron chi connectivity index (χ3n) is 5.31. The molecule has 28 heavy (non-hydrogen) atoms. The molecule has 1 aliphatic rings. The number of anilines is 1. The normalized spacial score (nSPS) is 16.1. The van der Waals surface area contributed by atoms with Gasteiger partial charge in [-0.15, -0.1) is 0 Å². The third kappa shape index (κ3) is 3.97. The minimum absolute atomic E-state index is 0.108. The number of fused-ring (bicyclic) bond motifs is 1. The number of likely N-dealkylation sites (tertiary alicyclic amines) is 1. The molecule has 0 saturated carbocycles. The van der Waals surface area contributed by atoms with Crippen molar-refractivity contribution < 1.29 is 9.18 Å². The number of amides is 1. The summed E-state index contributed by atoms with van der Waals surface area (Å²) < 4.78 is 13.1. The first-order valence-electron chi connectivity index (χ1n) is 9.50. The van der Waals surface area contributed by atoms with E-state index in [9.17, 15) is 9.18 Å². The molecule has 1 aromatic heterocycles. The van der Waals surface area contributed by atoms with E-state index in [-0.39, 0.29) is 11.7 Å². The summed E-state index contributed by atoms with van der Waals surface area (Å²) in [5.74, 6) is -0.441. The molecular weight excluding hydrogens is 355 g/mol. The second-order valence-electron chi connectivity index (χ2n) is 7.21. The predicted octanol–water partition coefficient (Wildman–Crippen LogP) is 3.48. The Balaban J connectivity index is 1.34. The second-order valence-corrected chi connectivity index (χ2v) is 7.21. The number of hydrogen-bond donors (Lipinski definition) is 2. The van der Waals surface area contributed by atoms with Crippen LogP contribution in [0.25, 0.3) is 10.8 Å². The molecule has 0 radical (unpaired) electrons. The van der Waals surface area contributed by atoms with Crippen molar-refractivity contribution in [1.82, 2.24) is 9.88 Å². The van der Waals surface area contributed by atoms with Gasteiger partial charge >= 0.3 is 0 Å². The first-order valence-corrected chi connectivity index (χ1v) is 9.50. The minimum atomic E-state index is -0.751. The second kappa shape index (κ2) is 7.94. The van der Waals surface area contributed by atoms with E-state index in [0.29, 0.717) is 24.7 Å². The molecule has 3 N–H and O–H groups in total. The topological polar surface area (TPSA) is 71.2 Å². The summed E-state index contributed by atoms with van der Waals surface area (Å²) in [5, 5.41) is 5.83.